The molecule has 0 radical (unpaired) electrons. The third-order valence-corrected chi connectivity index (χ3v) is 9.70. The standard InChI is InChI=1S/C38H62/c1-3-5-7-9-11-13-15-17-19-33-21-25-35(26-22-33)37-29-31-38(32-30-37)36-27-23-34(24-28-36)20-18-16-14-12-10-8-6-4-2/h21-22,25-26,29-31,34,36,38H,3-20,23-24,27-28,32H2,1-2H3/t34-,36-,38?. The number of hydrogen-bond donors (Lipinski definition) is 0. The summed E-state index contributed by atoms with van der Waals surface area (Å²) in [6, 6.07) is 9.50. The Balaban J connectivity index is 1.26. The summed E-state index contributed by atoms with van der Waals surface area (Å²) >= 11 is 0. The van der Waals surface area contributed by atoms with Gasteiger partial charge < -0.3 is 0 Å². The molecular weight excluding hydrogens is 456 g/mol. The average molecular weight is 519 g/mol. The summed E-state index contributed by atoms with van der Waals surface area (Å²) in [6.07, 6.45) is 40.3. The summed E-state index contributed by atoms with van der Waals surface area (Å²) in [6.45, 7) is 4.61. The molecule has 38 heavy (non-hydrogen) atoms. The smallest absolute Gasteiger partial charge is 0.0167 e. The van der Waals surface area contributed by atoms with Gasteiger partial charge in [0.15, 0.2) is 0 Å². The molecule has 0 bridgehead atoms. The van der Waals surface area contributed by atoms with Crippen LogP contribution in [-0.2, 0) is 6.42 Å². The highest BCUT2D eigenvalue weighted by molar-refractivity contribution is 5.75. The highest BCUT2D eigenvalue weighted by Crippen LogP contribution is 2.39. The molecule has 214 valence electrons. The number of allylic oxidation sites excluding steroid dienone is 4. The molecule has 0 heterocycles. The lowest BCUT2D eigenvalue weighted by Crippen LogP contribution is -2.21. The number of benzene rings is 1. The van der Waals surface area contributed by atoms with Gasteiger partial charge in [-0.2, -0.15) is 0 Å². The molecular formula is C38H62. The minimum Gasteiger partial charge on any atom is -0.0802 e. The van der Waals surface area contributed by atoms with Crippen LogP contribution in [0.4, 0.5) is 0 Å². The monoisotopic (exact) mass is 518 g/mol. The molecule has 0 N–H and O–H groups in total. The number of hydrogen-bond acceptors (Lipinski definition) is 0. The second-order valence-corrected chi connectivity index (χ2v) is 12.9. The molecule has 1 saturated carbocycles. The largest absolute Gasteiger partial charge is 0.0802 e. The minimum absolute atomic E-state index is 0.782. The third kappa shape index (κ3) is 12.3. The summed E-state index contributed by atoms with van der Waals surface area (Å²) in [5.74, 6) is 2.73. The molecule has 1 fully saturated rings. The fraction of sp³-hybridized carbons (Fsp3) is 0.737. The molecule has 0 nitrogen and oxygen atoms in total. The van der Waals surface area contributed by atoms with Gasteiger partial charge in [-0.05, 0) is 66.6 Å². The van der Waals surface area contributed by atoms with Crippen LogP contribution in [0.1, 0.15) is 166 Å². The zero-order valence-electron chi connectivity index (χ0n) is 25.5. The van der Waals surface area contributed by atoms with Crippen LogP contribution >= 0.6 is 0 Å². The molecule has 0 aromatic heterocycles. The molecule has 2 aliphatic rings. The highest BCUT2D eigenvalue weighted by Gasteiger charge is 2.26. The molecule has 1 aromatic rings. The summed E-state index contributed by atoms with van der Waals surface area (Å²) in [5.41, 5.74) is 4.37. The normalized spacial score (nSPS) is 21.5. The Morgan fingerprint density at radius 2 is 1.16 bits per heavy atom. The zero-order valence-corrected chi connectivity index (χ0v) is 25.5. The van der Waals surface area contributed by atoms with Gasteiger partial charge in [-0.25, -0.2) is 0 Å². The van der Waals surface area contributed by atoms with Crippen LogP contribution < -0.4 is 0 Å². The molecule has 3 rings (SSSR count). The lowest BCUT2D eigenvalue weighted by Gasteiger charge is -2.33. The molecule has 1 aromatic carbocycles. The van der Waals surface area contributed by atoms with Gasteiger partial charge in [0.2, 0.25) is 0 Å². The Hall–Kier alpha value is -1.30. The lowest BCUT2D eigenvalue weighted by atomic mass is 9.72. The van der Waals surface area contributed by atoms with E-state index < -0.39 is 0 Å². The fourth-order valence-electron chi connectivity index (χ4n) is 7.00. The van der Waals surface area contributed by atoms with Gasteiger partial charge in [0.05, 0.1) is 0 Å². The first-order valence-corrected chi connectivity index (χ1v) is 17.3. The predicted octanol–water partition coefficient (Wildman–Crippen LogP) is 12.7. The van der Waals surface area contributed by atoms with Gasteiger partial charge in [-0.15, -0.1) is 0 Å². The van der Waals surface area contributed by atoms with E-state index in [1.807, 2.05) is 0 Å². The van der Waals surface area contributed by atoms with E-state index in [4.69, 9.17) is 0 Å². The second-order valence-electron chi connectivity index (χ2n) is 12.9. The van der Waals surface area contributed by atoms with E-state index in [-0.39, 0.29) is 0 Å². The number of aryl methyl sites for hydroxylation is 1. The quantitative estimate of drug-likeness (QED) is 0.151. The van der Waals surface area contributed by atoms with Crippen molar-refractivity contribution in [3.05, 3.63) is 53.6 Å². The SMILES string of the molecule is CCCCCCCCCCc1ccc(C2=CCC([C@H]3CC[C@H](CCCCCCCCCC)CC3)C=C2)cc1. The van der Waals surface area contributed by atoms with Crippen molar-refractivity contribution in [3.8, 4) is 0 Å². The van der Waals surface area contributed by atoms with Crippen LogP contribution in [0.25, 0.3) is 5.57 Å². The Labute approximate surface area is 238 Å². The van der Waals surface area contributed by atoms with Crippen molar-refractivity contribution in [1.82, 2.24) is 0 Å². The summed E-state index contributed by atoms with van der Waals surface area (Å²) in [5, 5.41) is 0. The van der Waals surface area contributed by atoms with Crippen molar-refractivity contribution in [2.75, 3.05) is 0 Å². The van der Waals surface area contributed by atoms with Crippen LogP contribution in [-0.4, -0.2) is 0 Å². The Morgan fingerprint density at radius 1 is 0.605 bits per heavy atom. The van der Waals surface area contributed by atoms with Crippen molar-refractivity contribution >= 4 is 5.57 Å². The van der Waals surface area contributed by atoms with Gasteiger partial charge in [-0.3, -0.25) is 0 Å². The Bertz CT molecular complexity index is 758. The van der Waals surface area contributed by atoms with Crippen molar-refractivity contribution in [3.63, 3.8) is 0 Å². The number of unbranched alkanes of at least 4 members (excludes halogenated alkanes) is 14. The first kappa shape index (κ1) is 31.2. The molecule has 0 aliphatic heterocycles. The van der Waals surface area contributed by atoms with Crippen molar-refractivity contribution in [1.29, 1.82) is 0 Å². The molecule has 0 spiro atoms. The lowest BCUT2D eigenvalue weighted by molar-refractivity contribution is 0.218. The van der Waals surface area contributed by atoms with Crippen LogP contribution in [0.2, 0.25) is 0 Å². The van der Waals surface area contributed by atoms with Crippen molar-refractivity contribution in [2.45, 2.75) is 162 Å². The fourth-order valence-corrected chi connectivity index (χ4v) is 7.00. The predicted molar refractivity (Wildman–Crippen MR) is 171 cm³/mol. The second kappa shape index (κ2) is 19.7. The topological polar surface area (TPSA) is 0 Å². The minimum atomic E-state index is 0.782. The highest BCUT2D eigenvalue weighted by atomic mass is 14.3. The van der Waals surface area contributed by atoms with Gasteiger partial charge in [-0.1, -0.05) is 172 Å². The van der Waals surface area contributed by atoms with Gasteiger partial charge in [0, 0.05) is 0 Å². The van der Waals surface area contributed by atoms with Crippen LogP contribution in [0, 0.1) is 17.8 Å². The molecule has 1 unspecified atom stereocenters. The van der Waals surface area contributed by atoms with E-state index in [9.17, 15) is 0 Å². The van der Waals surface area contributed by atoms with Crippen LogP contribution in [0.3, 0.4) is 0 Å². The van der Waals surface area contributed by atoms with E-state index in [0.717, 1.165) is 17.8 Å². The molecule has 2 aliphatic carbocycles. The van der Waals surface area contributed by atoms with Gasteiger partial charge in [0.25, 0.3) is 0 Å². The number of rotatable bonds is 20. The van der Waals surface area contributed by atoms with E-state index in [1.54, 1.807) is 0 Å². The van der Waals surface area contributed by atoms with Crippen molar-refractivity contribution < 1.29 is 0 Å². The Kier molecular flexibility index (Phi) is 16.2. The summed E-state index contributed by atoms with van der Waals surface area (Å²) in [4.78, 5) is 0. The third-order valence-electron chi connectivity index (χ3n) is 9.70. The zero-order chi connectivity index (χ0) is 26.7. The average Bonchev–Trinajstić information content (AvgIpc) is 2.97. The maximum Gasteiger partial charge on any atom is -0.0167 e. The summed E-state index contributed by atoms with van der Waals surface area (Å²) < 4.78 is 0. The molecule has 0 amide bonds. The van der Waals surface area contributed by atoms with Gasteiger partial charge >= 0.3 is 0 Å². The molecule has 0 saturated heterocycles. The van der Waals surface area contributed by atoms with Gasteiger partial charge in [0.1, 0.15) is 0 Å². The van der Waals surface area contributed by atoms with Crippen molar-refractivity contribution in [2.24, 2.45) is 17.8 Å². The Morgan fingerprint density at radius 3 is 1.71 bits per heavy atom. The van der Waals surface area contributed by atoms with Crippen LogP contribution in [0.5, 0.6) is 0 Å². The van der Waals surface area contributed by atoms with E-state index in [0.29, 0.717) is 0 Å². The van der Waals surface area contributed by atoms with E-state index >= 15 is 0 Å². The van der Waals surface area contributed by atoms with E-state index in [2.05, 4.69) is 56.3 Å². The first-order chi connectivity index (χ1) is 18.8. The summed E-state index contributed by atoms with van der Waals surface area (Å²) in [7, 11) is 0. The maximum absolute atomic E-state index is 2.56. The van der Waals surface area contributed by atoms with Crippen LogP contribution in [0.15, 0.2) is 42.5 Å². The maximum atomic E-state index is 2.56. The first-order valence-electron chi connectivity index (χ1n) is 17.3. The molecule has 0 heteroatoms. The molecule has 1 atom stereocenters. The van der Waals surface area contributed by atoms with E-state index in [1.165, 1.54) is 164 Å².